The zero-order chi connectivity index (χ0) is 12.4. The molecule has 0 spiro atoms. The van der Waals surface area contributed by atoms with E-state index in [9.17, 15) is 0 Å². The van der Waals surface area contributed by atoms with Gasteiger partial charge in [-0.2, -0.15) is 0 Å². The van der Waals surface area contributed by atoms with Crippen LogP contribution in [0.5, 0.6) is 0 Å². The number of fused-ring (bicyclic) bond motifs is 2. The molecule has 2 N–H and O–H groups in total. The first kappa shape index (κ1) is 14.6. The molecular weight excluding hydrogens is 357 g/mol. The summed E-state index contributed by atoms with van der Waals surface area (Å²) in [5.74, 6) is 1.72. The molecule has 2 fully saturated rings. The Bertz CT molecular complexity index is 422. The molecule has 0 radical (unpaired) electrons. The van der Waals surface area contributed by atoms with Crippen LogP contribution in [0, 0.1) is 0 Å². The number of guanidine groups is 1. The quantitative estimate of drug-likeness (QED) is 0.480. The van der Waals surface area contributed by atoms with Gasteiger partial charge in [0, 0.05) is 7.05 Å². The van der Waals surface area contributed by atoms with Crippen LogP contribution in [0.25, 0.3) is 0 Å². The molecule has 1 aromatic rings. The maximum atomic E-state index is 5.82. The van der Waals surface area contributed by atoms with Crippen molar-refractivity contribution in [2.24, 2.45) is 4.99 Å². The van der Waals surface area contributed by atoms with E-state index in [4.69, 9.17) is 9.15 Å². The first-order valence-corrected chi connectivity index (χ1v) is 6.50. The van der Waals surface area contributed by atoms with Crippen molar-refractivity contribution in [3.8, 4) is 0 Å². The predicted octanol–water partition coefficient (Wildman–Crippen LogP) is 1.88. The molecule has 0 aromatic carbocycles. The van der Waals surface area contributed by atoms with Gasteiger partial charge in [0.25, 0.3) is 0 Å². The van der Waals surface area contributed by atoms with E-state index in [1.165, 1.54) is 6.42 Å². The molecule has 5 nitrogen and oxygen atoms in total. The number of furan rings is 1. The van der Waals surface area contributed by atoms with Crippen LogP contribution in [0.4, 0.5) is 0 Å². The van der Waals surface area contributed by atoms with Crippen molar-refractivity contribution in [3.63, 3.8) is 0 Å². The number of halogens is 1. The lowest BCUT2D eigenvalue weighted by molar-refractivity contribution is 0.0992. The van der Waals surface area contributed by atoms with Crippen molar-refractivity contribution in [2.75, 3.05) is 7.05 Å². The minimum Gasteiger partial charge on any atom is -0.467 e. The van der Waals surface area contributed by atoms with Crippen molar-refractivity contribution in [1.29, 1.82) is 0 Å². The molecule has 2 aliphatic heterocycles. The first-order chi connectivity index (χ1) is 8.85. The average molecular weight is 377 g/mol. The summed E-state index contributed by atoms with van der Waals surface area (Å²) in [6.07, 6.45) is 5.95. The molecule has 2 aliphatic rings. The Balaban J connectivity index is 0.00000133. The Labute approximate surface area is 130 Å². The second-order valence-corrected chi connectivity index (χ2v) is 4.87. The minimum atomic E-state index is 0. The van der Waals surface area contributed by atoms with Gasteiger partial charge in [0.2, 0.25) is 0 Å². The largest absolute Gasteiger partial charge is 0.467 e. The maximum Gasteiger partial charge on any atom is 0.191 e. The molecule has 3 heterocycles. The second-order valence-electron chi connectivity index (χ2n) is 4.87. The summed E-state index contributed by atoms with van der Waals surface area (Å²) >= 11 is 0. The van der Waals surface area contributed by atoms with E-state index in [2.05, 4.69) is 15.6 Å². The fourth-order valence-electron chi connectivity index (χ4n) is 2.74. The number of ether oxygens (including phenoxy) is 1. The van der Waals surface area contributed by atoms with E-state index >= 15 is 0 Å². The van der Waals surface area contributed by atoms with Crippen LogP contribution in [0.1, 0.15) is 25.0 Å². The highest BCUT2D eigenvalue weighted by Crippen LogP contribution is 2.34. The van der Waals surface area contributed by atoms with Crippen LogP contribution in [0.3, 0.4) is 0 Å². The maximum absolute atomic E-state index is 5.82. The smallest absolute Gasteiger partial charge is 0.191 e. The third-order valence-corrected chi connectivity index (χ3v) is 3.66. The van der Waals surface area contributed by atoms with Gasteiger partial charge in [0.15, 0.2) is 5.96 Å². The van der Waals surface area contributed by atoms with Gasteiger partial charge in [-0.05, 0) is 31.4 Å². The molecule has 6 heteroatoms. The summed E-state index contributed by atoms with van der Waals surface area (Å²) in [6.45, 7) is 0.647. The molecule has 19 heavy (non-hydrogen) atoms. The van der Waals surface area contributed by atoms with Gasteiger partial charge in [0.05, 0.1) is 31.1 Å². The van der Waals surface area contributed by atoms with E-state index in [0.29, 0.717) is 24.8 Å². The number of aliphatic imine (C=N–C) groups is 1. The van der Waals surface area contributed by atoms with E-state index in [1.807, 2.05) is 12.1 Å². The highest BCUT2D eigenvalue weighted by Gasteiger charge is 2.41. The minimum absolute atomic E-state index is 0. The summed E-state index contributed by atoms with van der Waals surface area (Å²) in [4.78, 5) is 4.23. The van der Waals surface area contributed by atoms with Crippen LogP contribution in [-0.4, -0.2) is 31.3 Å². The Morgan fingerprint density at radius 1 is 1.47 bits per heavy atom. The third-order valence-electron chi connectivity index (χ3n) is 3.66. The van der Waals surface area contributed by atoms with E-state index < -0.39 is 0 Å². The summed E-state index contributed by atoms with van der Waals surface area (Å²) < 4.78 is 11.1. The van der Waals surface area contributed by atoms with Gasteiger partial charge in [-0.1, -0.05) is 0 Å². The van der Waals surface area contributed by atoms with Gasteiger partial charge < -0.3 is 19.8 Å². The Kier molecular flexibility index (Phi) is 5.09. The van der Waals surface area contributed by atoms with Crippen molar-refractivity contribution >= 4 is 29.9 Å². The predicted molar refractivity (Wildman–Crippen MR) is 83.8 cm³/mol. The number of nitrogens with zero attached hydrogens (tertiary/aromatic N) is 1. The number of hydrogen-bond acceptors (Lipinski definition) is 3. The molecule has 0 aliphatic carbocycles. The number of rotatable bonds is 3. The fourth-order valence-corrected chi connectivity index (χ4v) is 2.74. The number of hydrogen-bond donors (Lipinski definition) is 2. The summed E-state index contributed by atoms with van der Waals surface area (Å²) in [7, 11) is 1.78. The third kappa shape index (κ3) is 3.42. The van der Waals surface area contributed by atoms with Gasteiger partial charge in [-0.3, -0.25) is 4.99 Å². The van der Waals surface area contributed by atoms with Crippen LogP contribution in [-0.2, 0) is 11.3 Å². The van der Waals surface area contributed by atoms with E-state index in [-0.39, 0.29) is 24.0 Å². The van der Waals surface area contributed by atoms with Gasteiger partial charge in [-0.15, -0.1) is 24.0 Å². The van der Waals surface area contributed by atoms with Gasteiger partial charge >= 0.3 is 0 Å². The molecule has 3 rings (SSSR count). The molecule has 3 unspecified atom stereocenters. The highest BCUT2D eigenvalue weighted by atomic mass is 127. The lowest BCUT2D eigenvalue weighted by atomic mass is 9.96. The first-order valence-electron chi connectivity index (χ1n) is 6.50. The summed E-state index contributed by atoms with van der Waals surface area (Å²) in [5, 5.41) is 6.68. The Hall–Kier alpha value is -0.760. The van der Waals surface area contributed by atoms with Crippen LogP contribution >= 0.6 is 24.0 Å². The lowest BCUT2D eigenvalue weighted by Gasteiger charge is -2.22. The Morgan fingerprint density at radius 2 is 2.37 bits per heavy atom. The Morgan fingerprint density at radius 3 is 2.95 bits per heavy atom. The fraction of sp³-hybridized carbons (Fsp3) is 0.615. The lowest BCUT2D eigenvalue weighted by Crippen LogP contribution is -2.47. The number of nitrogens with one attached hydrogen (secondary N) is 2. The molecule has 3 atom stereocenters. The SMILES string of the molecule is CN=C(NCc1ccco1)NC1CC2CCC1O2.I. The summed E-state index contributed by atoms with van der Waals surface area (Å²) in [5.41, 5.74) is 0. The standard InChI is InChI=1S/C13H19N3O2.HI/c1-14-13(15-8-10-3-2-6-17-10)16-11-7-9-4-5-12(11)18-9;/h2-3,6,9,11-12H,4-5,7-8H2,1H3,(H2,14,15,16);1H. The zero-order valence-corrected chi connectivity index (χ0v) is 13.3. The second kappa shape index (κ2) is 6.60. The molecule has 0 saturated carbocycles. The molecule has 2 bridgehead atoms. The van der Waals surface area contributed by atoms with Crippen molar-refractivity contribution in [1.82, 2.24) is 10.6 Å². The monoisotopic (exact) mass is 377 g/mol. The van der Waals surface area contributed by atoms with Crippen molar-refractivity contribution < 1.29 is 9.15 Å². The van der Waals surface area contributed by atoms with E-state index in [1.54, 1.807) is 13.3 Å². The molecule has 2 saturated heterocycles. The topological polar surface area (TPSA) is 58.8 Å². The molecule has 1 aromatic heterocycles. The van der Waals surface area contributed by atoms with Crippen LogP contribution in [0.15, 0.2) is 27.8 Å². The van der Waals surface area contributed by atoms with Crippen LogP contribution in [0.2, 0.25) is 0 Å². The highest BCUT2D eigenvalue weighted by molar-refractivity contribution is 14.0. The molecule has 0 amide bonds. The molecular formula is C13H20IN3O2. The van der Waals surface area contributed by atoms with Crippen LogP contribution < -0.4 is 10.6 Å². The average Bonchev–Trinajstić information content (AvgIpc) is 3.10. The van der Waals surface area contributed by atoms with Crippen molar-refractivity contribution in [3.05, 3.63) is 24.2 Å². The van der Waals surface area contributed by atoms with Crippen molar-refractivity contribution in [2.45, 2.75) is 44.1 Å². The van der Waals surface area contributed by atoms with Gasteiger partial charge in [0.1, 0.15) is 5.76 Å². The van der Waals surface area contributed by atoms with Gasteiger partial charge in [-0.25, -0.2) is 0 Å². The zero-order valence-electron chi connectivity index (χ0n) is 11.0. The summed E-state index contributed by atoms with van der Waals surface area (Å²) in [6, 6.07) is 4.23. The van der Waals surface area contributed by atoms with E-state index in [0.717, 1.165) is 24.6 Å². The normalized spacial score (nSPS) is 29.1. The molecule has 106 valence electrons.